The lowest BCUT2D eigenvalue weighted by molar-refractivity contribution is 0.492. The first-order chi connectivity index (χ1) is 6.36. The van der Waals surface area contributed by atoms with Crippen LogP contribution in [-0.2, 0) is 6.42 Å². The molecule has 0 fully saturated rings. The van der Waals surface area contributed by atoms with E-state index in [0.29, 0.717) is 0 Å². The zero-order valence-corrected chi connectivity index (χ0v) is 8.42. The van der Waals surface area contributed by atoms with Crippen LogP contribution in [-0.4, -0.2) is 4.98 Å². The van der Waals surface area contributed by atoms with E-state index in [4.69, 9.17) is 4.42 Å². The van der Waals surface area contributed by atoms with Gasteiger partial charge in [0.15, 0.2) is 0 Å². The molecule has 0 amide bonds. The minimum atomic E-state index is 0.733. The number of nitrogens with zero attached hydrogens (tertiary/aromatic N) is 1. The molecule has 0 unspecified atom stereocenters. The highest BCUT2D eigenvalue weighted by atomic mass is 16.4. The van der Waals surface area contributed by atoms with E-state index in [9.17, 15) is 0 Å². The van der Waals surface area contributed by atoms with Crippen LogP contribution in [0.5, 0.6) is 0 Å². The van der Waals surface area contributed by atoms with Gasteiger partial charge in [0.25, 0.3) is 0 Å². The normalized spacial score (nSPS) is 11.2. The van der Waals surface area contributed by atoms with Gasteiger partial charge in [0.05, 0.1) is 6.20 Å². The molecule has 0 atom stereocenters. The van der Waals surface area contributed by atoms with Crippen molar-refractivity contribution in [1.29, 1.82) is 0 Å². The molecule has 0 spiro atoms. The van der Waals surface area contributed by atoms with Gasteiger partial charge in [-0.2, -0.15) is 0 Å². The summed E-state index contributed by atoms with van der Waals surface area (Å²) in [5.74, 6) is 1.72. The first-order valence-corrected chi connectivity index (χ1v) is 4.98. The van der Waals surface area contributed by atoms with Gasteiger partial charge in [0, 0.05) is 6.42 Å². The third-order valence-electron chi connectivity index (χ3n) is 1.78. The maximum atomic E-state index is 5.47. The molecular weight excluding hydrogens is 162 g/mol. The number of oxazole rings is 1. The smallest absolute Gasteiger partial charge is 0.218 e. The average molecular weight is 179 g/mol. The molecule has 0 radical (unpaired) electrons. The standard InChI is InChI=1S/C11H17NO/c1-3-5-6-8-11-12-9-10(13-11)7-4-2/h6,8-9H,3-5,7H2,1-2H3/b8-6+. The number of hydrogen-bond donors (Lipinski definition) is 0. The molecule has 1 heterocycles. The largest absolute Gasteiger partial charge is 0.442 e. The molecule has 1 aromatic heterocycles. The molecule has 2 nitrogen and oxygen atoms in total. The number of hydrogen-bond acceptors (Lipinski definition) is 2. The van der Waals surface area contributed by atoms with Crippen LogP contribution in [0.25, 0.3) is 6.08 Å². The lowest BCUT2D eigenvalue weighted by atomic mass is 10.3. The average Bonchev–Trinajstić information content (AvgIpc) is 2.54. The molecular formula is C11H17NO. The fourth-order valence-electron chi connectivity index (χ4n) is 1.11. The second kappa shape index (κ2) is 5.57. The van der Waals surface area contributed by atoms with Gasteiger partial charge >= 0.3 is 0 Å². The summed E-state index contributed by atoms with van der Waals surface area (Å²) in [7, 11) is 0. The number of allylic oxidation sites excluding steroid dienone is 1. The molecule has 0 aliphatic carbocycles. The Balaban J connectivity index is 2.48. The van der Waals surface area contributed by atoms with Gasteiger partial charge in [-0.3, -0.25) is 0 Å². The van der Waals surface area contributed by atoms with Gasteiger partial charge in [-0.05, 0) is 18.9 Å². The van der Waals surface area contributed by atoms with Crippen LogP contribution in [0.4, 0.5) is 0 Å². The van der Waals surface area contributed by atoms with Crippen LogP contribution in [0, 0.1) is 0 Å². The Morgan fingerprint density at radius 2 is 2.23 bits per heavy atom. The van der Waals surface area contributed by atoms with E-state index in [0.717, 1.165) is 30.9 Å². The Morgan fingerprint density at radius 3 is 2.92 bits per heavy atom. The predicted octanol–water partition coefficient (Wildman–Crippen LogP) is 3.44. The number of aromatic nitrogens is 1. The second-order valence-corrected chi connectivity index (χ2v) is 3.11. The first-order valence-electron chi connectivity index (χ1n) is 4.98. The highest BCUT2D eigenvalue weighted by Crippen LogP contribution is 2.08. The Hall–Kier alpha value is -1.05. The van der Waals surface area contributed by atoms with Crippen molar-refractivity contribution in [2.45, 2.75) is 39.5 Å². The van der Waals surface area contributed by atoms with Crippen molar-refractivity contribution in [3.05, 3.63) is 23.9 Å². The highest BCUT2D eigenvalue weighted by Gasteiger charge is 1.98. The summed E-state index contributed by atoms with van der Waals surface area (Å²) >= 11 is 0. The Kier molecular flexibility index (Phi) is 4.30. The van der Waals surface area contributed by atoms with Crippen molar-refractivity contribution in [2.24, 2.45) is 0 Å². The van der Waals surface area contributed by atoms with Crippen molar-refractivity contribution in [3.63, 3.8) is 0 Å². The molecule has 0 N–H and O–H groups in total. The van der Waals surface area contributed by atoms with Gasteiger partial charge in [0.1, 0.15) is 5.76 Å². The topological polar surface area (TPSA) is 26.0 Å². The van der Waals surface area contributed by atoms with Gasteiger partial charge in [-0.1, -0.05) is 26.3 Å². The van der Waals surface area contributed by atoms with Crippen LogP contribution < -0.4 is 0 Å². The summed E-state index contributed by atoms with van der Waals surface area (Å²) < 4.78 is 5.47. The monoisotopic (exact) mass is 179 g/mol. The molecule has 2 heteroatoms. The van der Waals surface area contributed by atoms with E-state index in [1.54, 1.807) is 0 Å². The van der Waals surface area contributed by atoms with E-state index in [1.807, 2.05) is 12.3 Å². The summed E-state index contributed by atoms with van der Waals surface area (Å²) in [6.07, 6.45) is 10.2. The van der Waals surface area contributed by atoms with E-state index in [-0.39, 0.29) is 0 Å². The summed E-state index contributed by atoms with van der Waals surface area (Å²) in [6, 6.07) is 0. The molecule has 72 valence electrons. The maximum absolute atomic E-state index is 5.47. The summed E-state index contributed by atoms with van der Waals surface area (Å²) in [4.78, 5) is 4.15. The number of unbranched alkanes of at least 4 members (excludes halogenated alkanes) is 1. The van der Waals surface area contributed by atoms with Gasteiger partial charge in [0.2, 0.25) is 5.89 Å². The number of rotatable bonds is 5. The van der Waals surface area contributed by atoms with Crippen LogP contribution in [0.2, 0.25) is 0 Å². The summed E-state index contributed by atoms with van der Waals surface area (Å²) in [5, 5.41) is 0. The molecule has 1 rings (SSSR count). The number of aryl methyl sites for hydroxylation is 1. The summed E-state index contributed by atoms with van der Waals surface area (Å²) in [5.41, 5.74) is 0. The molecule has 0 bridgehead atoms. The van der Waals surface area contributed by atoms with Gasteiger partial charge in [-0.15, -0.1) is 0 Å². The fraction of sp³-hybridized carbons (Fsp3) is 0.545. The Labute approximate surface area is 79.7 Å². The van der Waals surface area contributed by atoms with Crippen molar-refractivity contribution in [3.8, 4) is 0 Å². The Morgan fingerprint density at radius 1 is 1.38 bits per heavy atom. The first kappa shape index (κ1) is 10.0. The highest BCUT2D eigenvalue weighted by molar-refractivity contribution is 5.37. The lowest BCUT2D eigenvalue weighted by Gasteiger charge is -1.87. The molecule has 0 aliphatic rings. The maximum Gasteiger partial charge on any atom is 0.218 e. The quantitative estimate of drug-likeness (QED) is 0.692. The minimum Gasteiger partial charge on any atom is -0.442 e. The predicted molar refractivity (Wildman–Crippen MR) is 54.4 cm³/mol. The second-order valence-electron chi connectivity index (χ2n) is 3.11. The molecule has 0 aromatic carbocycles. The van der Waals surface area contributed by atoms with Crippen LogP contribution >= 0.6 is 0 Å². The Bertz CT molecular complexity index is 263. The SMILES string of the molecule is CCC/C=C/c1ncc(CCC)o1. The molecule has 0 saturated carbocycles. The van der Waals surface area contributed by atoms with Crippen molar-refractivity contribution >= 4 is 6.08 Å². The van der Waals surface area contributed by atoms with Crippen LogP contribution in [0.15, 0.2) is 16.7 Å². The van der Waals surface area contributed by atoms with E-state index in [2.05, 4.69) is 24.9 Å². The van der Waals surface area contributed by atoms with Crippen molar-refractivity contribution < 1.29 is 4.42 Å². The van der Waals surface area contributed by atoms with Crippen molar-refractivity contribution in [2.75, 3.05) is 0 Å². The minimum absolute atomic E-state index is 0.733. The zero-order chi connectivity index (χ0) is 9.52. The third kappa shape index (κ3) is 3.45. The van der Waals surface area contributed by atoms with Gasteiger partial charge in [-0.25, -0.2) is 4.98 Å². The fourth-order valence-corrected chi connectivity index (χ4v) is 1.11. The molecule has 13 heavy (non-hydrogen) atoms. The third-order valence-corrected chi connectivity index (χ3v) is 1.78. The van der Waals surface area contributed by atoms with E-state index >= 15 is 0 Å². The van der Waals surface area contributed by atoms with Crippen LogP contribution in [0.1, 0.15) is 44.8 Å². The lowest BCUT2D eigenvalue weighted by Crippen LogP contribution is -1.75. The molecule has 1 aromatic rings. The van der Waals surface area contributed by atoms with Crippen LogP contribution in [0.3, 0.4) is 0 Å². The summed E-state index contributed by atoms with van der Waals surface area (Å²) in [6.45, 7) is 4.29. The van der Waals surface area contributed by atoms with E-state index in [1.165, 1.54) is 6.42 Å². The molecule has 0 saturated heterocycles. The zero-order valence-electron chi connectivity index (χ0n) is 8.42. The van der Waals surface area contributed by atoms with Crippen molar-refractivity contribution in [1.82, 2.24) is 4.98 Å². The van der Waals surface area contributed by atoms with Gasteiger partial charge < -0.3 is 4.42 Å². The van der Waals surface area contributed by atoms with E-state index < -0.39 is 0 Å². The molecule has 0 aliphatic heterocycles.